The second kappa shape index (κ2) is 2.43. The molecule has 0 atom stereocenters. The monoisotopic (exact) mass is 181 g/mol. The van der Waals surface area contributed by atoms with Crippen LogP contribution in [-0.4, -0.2) is 0 Å². The maximum absolute atomic E-state index is 5.71. The van der Waals surface area contributed by atoms with E-state index in [0.29, 0.717) is 0 Å². The van der Waals surface area contributed by atoms with Crippen molar-refractivity contribution in [3.05, 3.63) is 42.5 Å². The summed E-state index contributed by atoms with van der Waals surface area (Å²) < 4.78 is 5.57. The van der Waals surface area contributed by atoms with Crippen molar-refractivity contribution in [2.45, 2.75) is 0 Å². The molecule has 1 aromatic heterocycles. The highest BCUT2D eigenvalue weighted by Crippen LogP contribution is 2.28. The number of hydrogen-bond donors (Lipinski definition) is 1. The average molecular weight is 181 g/mol. The van der Waals surface area contributed by atoms with Gasteiger partial charge in [-0.3, -0.25) is 0 Å². The van der Waals surface area contributed by atoms with E-state index < -0.39 is 0 Å². The van der Waals surface area contributed by atoms with E-state index in [9.17, 15) is 0 Å². The van der Waals surface area contributed by atoms with Gasteiger partial charge in [0.2, 0.25) is 0 Å². The molecule has 3 aromatic rings. The second-order valence-corrected chi connectivity index (χ2v) is 3.20. The number of fused-ring (bicyclic) bond motifs is 3. The van der Waals surface area contributed by atoms with Gasteiger partial charge in [0.1, 0.15) is 5.58 Å². The summed E-state index contributed by atoms with van der Waals surface area (Å²) in [5, 5.41) is 2.07. The first-order valence-corrected chi connectivity index (χ1v) is 4.35. The highest BCUT2D eigenvalue weighted by molar-refractivity contribution is 6.05. The molecule has 2 aromatic carbocycles. The summed E-state index contributed by atoms with van der Waals surface area (Å²) in [5.74, 6) is 0. The summed E-state index contributed by atoms with van der Waals surface area (Å²) >= 11 is 0. The fourth-order valence-corrected chi connectivity index (χ4v) is 1.62. The summed E-state index contributed by atoms with van der Waals surface area (Å²) in [6, 6.07) is 15.2. The second-order valence-electron chi connectivity index (χ2n) is 3.20. The third kappa shape index (κ3) is 0.868. The topological polar surface area (TPSA) is 39.2 Å². The Kier molecular flexibility index (Phi) is 1.26. The lowest BCUT2D eigenvalue weighted by Crippen LogP contribution is -1.81. The van der Waals surface area contributed by atoms with E-state index in [-0.39, 0.29) is 0 Å². The van der Waals surface area contributed by atoms with Crippen molar-refractivity contribution < 1.29 is 4.42 Å². The van der Waals surface area contributed by atoms with E-state index in [1.54, 1.807) is 0 Å². The number of hydrogen-bond acceptors (Lipinski definition) is 2. The van der Waals surface area contributed by atoms with E-state index in [1.165, 1.54) is 0 Å². The van der Waals surface area contributed by atoms with Crippen molar-refractivity contribution in [3.63, 3.8) is 0 Å². The summed E-state index contributed by atoms with van der Waals surface area (Å²) in [6.07, 6.45) is 0. The van der Waals surface area contributed by atoms with Gasteiger partial charge in [0.25, 0.3) is 0 Å². The third-order valence-corrected chi connectivity index (χ3v) is 2.27. The van der Waals surface area contributed by atoms with Gasteiger partial charge in [-0.2, -0.15) is 0 Å². The quantitative estimate of drug-likeness (QED) is 0.541. The zero-order valence-electron chi connectivity index (χ0n) is 7.37. The normalized spacial score (nSPS) is 10.6. The molecule has 0 unspecified atom stereocenters. The van der Waals surface area contributed by atoms with E-state index >= 15 is 0 Å². The van der Waals surface area contributed by atoms with Gasteiger partial charge in [0, 0.05) is 16.5 Å². The van der Waals surface area contributed by atoms with Crippen LogP contribution in [0.4, 0.5) is 5.69 Å². The van der Waals surface area contributed by atoms with Crippen molar-refractivity contribution in [3.8, 4) is 0 Å². The number of nitrogen functional groups attached to an aromatic ring is 1. The van der Waals surface area contributed by atoms with Gasteiger partial charge in [-0.1, -0.05) is 6.07 Å². The number of nitrogens with two attached hydrogens (primary N) is 1. The molecule has 0 saturated carbocycles. The summed E-state index contributed by atoms with van der Waals surface area (Å²) in [5.41, 5.74) is 8.03. The van der Waals surface area contributed by atoms with Gasteiger partial charge in [0.15, 0.2) is 5.58 Å². The zero-order chi connectivity index (χ0) is 9.54. The summed E-state index contributed by atoms with van der Waals surface area (Å²) in [6.45, 7) is 0. The predicted octanol–water partition coefficient (Wildman–Crippen LogP) is 2.77. The van der Waals surface area contributed by atoms with Crippen LogP contribution in [-0.2, 0) is 0 Å². The Labute approximate surface area is 80.9 Å². The van der Waals surface area contributed by atoms with Crippen molar-refractivity contribution in [2.75, 3.05) is 5.73 Å². The minimum atomic E-state index is 0.730. The van der Waals surface area contributed by atoms with Gasteiger partial charge in [-0.05, 0) is 36.4 Å². The van der Waals surface area contributed by atoms with Crippen LogP contribution in [0.5, 0.6) is 0 Å². The lowest BCUT2D eigenvalue weighted by molar-refractivity contribution is 0.669. The molecule has 14 heavy (non-hydrogen) atoms. The summed E-state index contributed by atoms with van der Waals surface area (Å²) in [7, 11) is 0. The Bertz CT molecular complexity index is 610. The molecule has 1 heterocycles. The average Bonchev–Trinajstić information content (AvgIpc) is 2.56. The molecule has 0 radical (unpaired) electrons. The minimum absolute atomic E-state index is 0.730. The van der Waals surface area contributed by atoms with E-state index in [0.717, 1.165) is 27.6 Å². The smallest absolute Gasteiger partial charge is 0.185 e. The van der Waals surface area contributed by atoms with E-state index in [1.807, 2.05) is 30.3 Å². The molecule has 2 heteroatoms. The molecule has 0 fully saturated rings. The van der Waals surface area contributed by atoms with E-state index in [2.05, 4.69) is 12.1 Å². The molecule has 66 valence electrons. The van der Waals surface area contributed by atoms with Crippen LogP contribution in [0.25, 0.3) is 21.9 Å². The number of anilines is 1. The Hall–Kier alpha value is -2.14. The molecule has 0 amide bonds. The van der Waals surface area contributed by atoms with Gasteiger partial charge >= 0.3 is 0 Å². The van der Waals surface area contributed by atoms with Gasteiger partial charge in [-0.25, -0.2) is 0 Å². The molecule has 3 rings (SSSR count). The molecule has 0 aliphatic heterocycles. The van der Waals surface area contributed by atoms with Crippen LogP contribution in [0, 0.1) is 12.1 Å². The Morgan fingerprint density at radius 1 is 1.14 bits per heavy atom. The highest BCUT2D eigenvalue weighted by atomic mass is 16.3. The number of furan rings is 1. The lowest BCUT2D eigenvalue weighted by atomic mass is 10.1. The molecule has 0 aliphatic carbocycles. The Morgan fingerprint density at radius 3 is 3.00 bits per heavy atom. The first-order valence-electron chi connectivity index (χ1n) is 4.35. The molecule has 0 saturated heterocycles. The fourth-order valence-electron chi connectivity index (χ4n) is 1.62. The van der Waals surface area contributed by atoms with Crippen molar-refractivity contribution >= 4 is 27.6 Å². The maximum atomic E-state index is 5.71. The first-order chi connectivity index (χ1) is 6.84. The Balaban J connectivity index is 2.58. The van der Waals surface area contributed by atoms with Gasteiger partial charge in [-0.15, -0.1) is 0 Å². The molecular formula is C12H7NO. The van der Waals surface area contributed by atoms with E-state index in [4.69, 9.17) is 10.2 Å². The minimum Gasteiger partial charge on any atom is -0.447 e. The van der Waals surface area contributed by atoms with Crippen LogP contribution >= 0.6 is 0 Å². The van der Waals surface area contributed by atoms with Crippen LogP contribution in [0.15, 0.2) is 34.7 Å². The summed E-state index contributed by atoms with van der Waals surface area (Å²) in [4.78, 5) is 0. The Morgan fingerprint density at radius 2 is 2.07 bits per heavy atom. The number of rotatable bonds is 0. The lowest BCUT2D eigenvalue weighted by Gasteiger charge is -1.90. The largest absolute Gasteiger partial charge is 0.447 e. The van der Waals surface area contributed by atoms with Crippen LogP contribution in [0.2, 0.25) is 0 Å². The first kappa shape index (κ1) is 7.28. The number of benzene rings is 1. The maximum Gasteiger partial charge on any atom is 0.185 e. The molecule has 0 spiro atoms. The van der Waals surface area contributed by atoms with Crippen molar-refractivity contribution in [1.29, 1.82) is 0 Å². The SMILES string of the molecule is Nc1ccc2oc3c#cccc3c2c1. The fraction of sp³-hybridized carbons (Fsp3) is 0. The molecular weight excluding hydrogens is 174 g/mol. The standard InChI is InChI=1S/C12H7NO/c13-8-5-6-12-10(7-8)9-3-1-2-4-11(9)14-12/h1,3,5-7H,13H2. The van der Waals surface area contributed by atoms with Crippen LogP contribution in [0.3, 0.4) is 0 Å². The third-order valence-electron chi connectivity index (χ3n) is 2.27. The van der Waals surface area contributed by atoms with Gasteiger partial charge in [0.05, 0.1) is 0 Å². The molecule has 0 bridgehead atoms. The molecule has 2 nitrogen and oxygen atoms in total. The zero-order valence-corrected chi connectivity index (χ0v) is 7.37. The molecule has 2 N–H and O–H groups in total. The van der Waals surface area contributed by atoms with Crippen molar-refractivity contribution in [2.24, 2.45) is 0 Å². The van der Waals surface area contributed by atoms with Gasteiger partial charge < -0.3 is 10.2 Å². The van der Waals surface area contributed by atoms with Crippen LogP contribution in [0.1, 0.15) is 0 Å². The van der Waals surface area contributed by atoms with Crippen LogP contribution < -0.4 is 5.73 Å². The molecule has 0 aliphatic rings. The highest BCUT2D eigenvalue weighted by Gasteiger charge is 2.04. The predicted molar refractivity (Wildman–Crippen MR) is 55.8 cm³/mol. The van der Waals surface area contributed by atoms with Crippen molar-refractivity contribution in [1.82, 2.24) is 0 Å².